The van der Waals surface area contributed by atoms with Crippen LogP contribution < -0.4 is 15.1 Å². The lowest BCUT2D eigenvalue weighted by atomic mass is 10.2. The topological polar surface area (TPSA) is 74.6 Å². The number of alkyl halides is 3. The molecule has 1 aromatic heterocycles. The van der Waals surface area contributed by atoms with Gasteiger partial charge in [-0.15, -0.1) is 0 Å². The highest BCUT2D eigenvalue weighted by Gasteiger charge is 2.41. The minimum Gasteiger partial charge on any atom is -0.468 e. The zero-order valence-electron chi connectivity index (χ0n) is 9.98. The first-order valence-corrected chi connectivity index (χ1v) is 5.58. The molecular formula is C10H13F3N3O3+. The van der Waals surface area contributed by atoms with E-state index < -0.39 is 28.4 Å². The third kappa shape index (κ3) is 2.78. The Morgan fingerprint density at radius 1 is 1.53 bits per heavy atom. The smallest absolute Gasteiger partial charge is 0.418 e. The van der Waals surface area contributed by atoms with Crippen LogP contribution in [0.5, 0.6) is 5.88 Å². The summed E-state index contributed by atoms with van der Waals surface area (Å²) in [6.45, 7) is 1.85. The third-order valence-electron chi connectivity index (χ3n) is 2.77. The van der Waals surface area contributed by atoms with E-state index in [1.54, 1.807) is 6.92 Å². The fraction of sp³-hybridized carbons (Fsp3) is 0.500. The van der Waals surface area contributed by atoms with E-state index in [-0.39, 0.29) is 12.4 Å². The summed E-state index contributed by atoms with van der Waals surface area (Å²) >= 11 is 0. The second-order valence-corrected chi connectivity index (χ2v) is 4.16. The lowest BCUT2D eigenvalue weighted by Gasteiger charge is -2.19. The van der Waals surface area contributed by atoms with Gasteiger partial charge in [-0.05, 0) is 6.42 Å². The van der Waals surface area contributed by atoms with Crippen molar-refractivity contribution in [3.8, 4) is 5.88 Å². The van der Waals surface area contributed by atoms with E-state index in [9.17, 15) is 23.6 Å². The van der Waals surface area contributed by atoms with Gasteiger partial charge in [0.15, 0.2) is 0 Å². The Morgan fingerprint density at radius 2 is 2.21 bits per heavy atom. The Hall–Kier alpha value is -1.42. The summed E-state index contributed by atoms with van der Waals surface area (Å²) < 4.78 is 43.1. The molecule has 1 aliphatic heterocycles. The van der Waals surface area contributed by atoms with E-state index in [2.05, 4.69) is 10.4 Å². The quantitative estimate of drug-likeness (QED) is 0.685. The van der Waals surface area contributed by atoms with Gasteiger partial charge in [0, 0.05) is 12.3 Å². The summed E-state index contributed by atoms with van der Waals surface area (Å²) in [5.74, 6) is -0.241. The van der Waals surface area contributed by atoms with Crippen molar-refractivity contribution in [3.05, 3.63) is 17.8 Å². The number of fused-ring (bicyclic) bond motifs is 1. The van der Waals surface area contributed by atoms with Crippen LogP contribution in [0.4, 0.5) is 18.9 Å². The molecular weight excluding hydrogens is 267 g/mol. The molecule has 19 heavy (non-hydrogen) atoms. The number of halogens is 3. The van der Waals surface area contributed by atoms with Crippen molar-refractivity contribution in [2.24, 2.45) is 0 Å². The van der Waals surface area contributed by atoms with E-state index >= 15 is 0 Å². The van der Waals surface area contributed by atoms with Crippen LogP contribution >= 0.6 is 0 Å². The number of pyridine rings is 1. The lowest BCUT2D eigenvalue weighted by Crippen LogP contribution is -2.55. The Morgan fingerprint density at radius 3 is 2.79 bits per heavy atom. The molecule has 0 fully saturated rings. The molecule has 0 bridgehead atoms. The van der Waals surface area contributed by atoms with Gasteiger partial charge in [-0.2, -0.15) is 23.6 Å². The van der Waals surface area contributed by atoms with Crippen molar-refractivity contribution < 1.29 is 28.3 Å². The van der Waals surface area contributed by atoms with Crippen LogP contribution in [0.3, 0.4) is 0 Å². The molecule has 6 nitrogen and oxygen atoms in total. The Bertz CT molecular complexity index is 479. The van der Waals surface area contributed by atoms with Crippen molar-refractivity contribution in [1.82, 2.24) is 15.3 Å². The van der Waals surface area contributed by atoms with Gasteiger partial charge in [-0.25, -0.2) is 4.98 Å². The van der Waals surface area contributed by atoms with Crippen LogP contribution in [0.15, 0.2) is 12.3 Å². The molecule has 1 aliphatic rings. The van der Waals surface area contributed by atoms with Crippen molar-refractivity contribution >= 4 is 5.69 Å². The first-order valence-electron chi connectivity index (χ1n) is 5.58. The van der Waals surface area contributed by atoms with Gasteiger partial charge in [0.1, 0.15) is 6.10 Å². The van der Waals surface area contributed by atoms with Gasteiger partial charge in [0.2, 0.25) is 0 Å². The molecule has 0 saturated carbocycles. The predicted molar refractivity (Wildman–Crippen MR) is 57.3 cm³/mol. The van der Waals surface area contributed by atoms with Crippen molar-refractivity contribution in [3.63, 3.8) is 0 Å². The second-order valence-electron chi connectivity index (χ2n) is 4.16. The molecule has 9 heteroatoms. The molecule has 1 aromatic rings. The maximum Gasteiger partial charge on any atom is 0.418 e. The first-order chi connectivity index (χ1) is 8.74. The molecule has 2 rings (SSSR count). The van der Waals surface area contributed by atoms with E-state index in [1.807, 2.05) is 0 Å². The maximum absolute atomic E-state index is 12.6. The number of ether oxygens (including phenoxy) is 1. The summed E-state index contributed by atoms with van der Waals surface area (Å²) in [5.41, 5.74) is 0.679. The summed E-state index contributed by atoms with van der Waals surface area (Å²) in [6.07, 6.45) is -3.91. The van der Waals surface area contributed by atoms with Crippen molar-refractivity contribution in [1.29, 1.82) is 0 Å². The monoisotopic (exact) mass is 280 g/mol. The standard InChI is InChI=1S/C10H13F3N3O3/c1-2-7-5-15-16(17,18)8-3-6(10(11,12)13)4-14-9(8)19-7/h3-4,7,15,17-18H,2,5H2,1H3/q+1/t7-/m1/s1. The molecule has 106 valence electrons. The second kappa shape index (κ2) is 4.60. The lowest BCUT2D eigenvalue weighted by molar-refractivity contribution is -0.324. The SMILES string of the molecule is CC[C@@H]1CN[N+](O)(O)c2cc(C(F)(F)F)cnc2O1. The highest BCUT2D eigenvalue weighted by molar-refractivity contribution is 5.51. The van der Waals surface area contributed by atoms with Gasteiger partial charge >= 0.3 is 6.18 Å². The summed E-state index contributed by atoms with van der Waals surface area (Å²) in [7, 11) is 0. The Labute approximate surface area is 106 Å². The average molecular weight is 280 g/mol. The molecule has 0 aliphatic carbocycles. The fourth-order valence-electron chi connectivity index (χ4n) is 1.65. The van der Waals surface area contributed by atoms with E-state index in [1.165, 1.54) is 0 Å². The van der Waals surface area contributed by atoms with Crippen LogP contribution in [-0.4, -0.2) is 28.0 Å². The average Bonchev–Trinajstić information content (AvgIpc) is 2.45. The molecule has 0 aromatic carbocycles. The number of hydrogen-bond donors (Lipinski definition) is 3. The fourth-order valence-corrected chi connectivity index (χ4v) is 1.65. The minimum atomic E-state index is -4.63. The highest BCUT2D eigenvalue weighted by atomic mass is 19.4. The molecule has 0 radical (unpaired) electrons. The van der Waals surface area contributed by atoms with Gasteiger partial charge in [0.05, 0.1) is 17.0 Å². The molecule has 0 unspecified atom stereocenters. The number of aromatic nitrogens is 1. The van der Waals surface area contributed by atoms with Crippen LogP contribution in [0.2, 0.25) is 0 Å². The van der Waals surface area contributed by atoms with E-state index in [4.69, 9.17) is 4.74 Å². The Balaban J connectivity index is 2.49. The first kappa shape index (κ1) is 14.0. The number of nitrogens with zero attached hydrogens (tertiary/aromatic N) is 2. The maximum atomic E-state index is 12.6. The van der Waals surface area contributed by atoms with Crippen molar-refractivity contribution in [2.75, 3.05) is 6.54 Å². The molecule has 0 saturated heterocycles. The molecule has 0 amide bonds. The third-order valence-corrected chi connectivity index (χ3v) is 2.77. The number of nitrogens with one attached hydrogen (secondary N) is 1. The van der Waals surface area contributed by atoms with Crippen LogP contribution in [0, 0.1) is 0 Å². The predicted octanol–water partition coefficient (Wildman–Crippen LogP) is 1.86. The van der Waals surface area contributed by atoms with Gasteiger partial charge < -0.3 is 4.74 Å². The van der Waals surface area contributed by atoms with E-state index in [0.29, 0.717) is 18.7 Å². The zero-order valence-corrected chi connectivity index (χ0v) is 9.98. The zero-order chi connectivity index (χ0) is 14.3. The summed E-state index contributed by atoms with van der Waals surface area (Å²) in [4.78, 5) is 1.62. The van der Waals surface area contributed by atoms with Crippen LogP contribution in [-0.2, 0) is 6.18 Å². The number of rotatable bonds is 1. The van der Waals surface area contributed by atoms with Crippen LogP contribution in [0.25, 0.3) is 0 Å². The molecule has 0 spiro atoms. The summed E-state index contributed by atoms with van der Waals surface area (Å²) in [6, 6.07) is 0.591. The molecule has 2 heterocycles. The normalized spacial score (nSPS) is 22.3. The van der Waals surface area contributed by atoms with Gasteiger partial charge in [-0.1, -0.05) is 12.3 Å². The molecule has 3 N–H and O–H groups in total. The van der Waals surface area contributed by atoms with E-state index in [0.717, 1.165) is 0 Å². The number of hydrogen-bond acceptors (Lipinski definition) is 5. The van der Waals surface area contributed by atoms with Crippen molar-refractivity contribution in [2.45, 2.75) is 25.6 Å². The van der Waals surface area contributed by atoms with Gasteiger partial charge in [0.25, 0.3) is 11.6 Å². The minimum absolute atomic E-state index is 0.0568. The largest absolute Gasteiger partial charge is 0.468 e. The molecule has 1 atom stereocenters. The highest BCUT2D eigenvalue weighted by Crippen LogP contribution is 2.37. The summed E-state index contributed by atoms with van der Waals surface area (Å²) in [5, 5.41) is 19.4. The van der Waals surface area contributed by atoms with Crippen LogP contribution in [0.1, 0.15) is 18.9 Å². The number of quaternary nitrogens is 1. The Kier molecular flexibility index (Phi) is 3.39. The van der Waals surface area contributed by atoms with Gasteiger partial charge in [-0.3, -0.25) is 0 Å².